The van der Waals surface area contributed by atoms with Gasteiger partial charge in [-0.1, -0.05) is 0 Å². The van der Waals surface area contributed by atoms with Gasteiger partial charge in [0.05, 0.1) is 0 Å². The van der Waals surface area contributed by atoms with E-state index < -0.39 is 18.2 Å². The smallest absolute Gasteiger partial charge is 0.459 e. The average Bonchev–Trinajstić information content (AvgIpc) is 2.52. The molecule has 76 valence electrons. The molecule has 5 nitrogen and oxygen atoms in total. The minimum Gasteiger partial charge on any atom is -0.459 e. The summed E-state index contributed by atoms with van der Waals surface area (Å²) in [5, 5.41) is 0. The summed E-state index contributed by atoms with van der Waals surface area (Å²) in [6, 6.07) is 0. The lowest BCUT2D eigenvalue weighted by Gasteiger charge is -2.11. The largest absolute Gasteiger partial charge is 0.509 e. The first-order valence-electron chi connectivity index (χ1n) is 4.11. The second-order valence-electron chi connectivity index (χ2n) is 2.82. The van der Waals surface area contributed by atoms with Crippen LogP contribution in [0.5, 0.6) is 0 Å². The fraction of sp³-hybridized carbons (Fsp3) is 0.556. The summed E-state index contributed by atoms with van der Waals surface area (Å²) in [7, 11) is 0. The van der Waals surface area contributed by atoms with Crippen LogP contribution in [0.3, 0.4) is 0 Å². The fourth-order valence-electron chi connectivity index (χ4n) is 0.926. The predicted octanol–water partition coefficient (Wildman–Crippen LogP) is 0.477. The summed E-state index contributed by atoms with van der Waals surface area (Å²) in [6.45, 7) is 1.57. The summed E-state index contributed by atoms with van der Waals surface area (Å²) in [6.07, 6.45) is 3.17. The molecule has 0 N–H and O–H groups in total. The third-order valence-electron chi connectivity index (χ3n) is 1.58. The molecular weight excluding hydrogens is 188 g/mol. The van der Waals surface area contributed by atoms with E-state index in [0.29, 0.717) is 6.42 Å². The molecule has 1 aliphatic rings. The third kappa shape index (κ3) is 2.66. The molecule has 2 unspecified atom stereocenters. The van der Waals surface area contributed by atoms with Crippen molar-refractivity contribution in [3.63, 3.8) is 0 Å². The zero-order valence-corrected chi connectivity index (χ0v) is 7.69. The molecule has 0 aromatic rings. The van der Waals surface area contributed by atoms with Crippen molar-refractivity contribution >= 4 is 12.1 Å². The highest BCUT2D eigenvalue weighted by atomic mass is 16.8. The summed E-state index contributed by atoms with van der Waals surface area (Å²) in [4.78, 5) is 21.7. The Labute approximate surface area is 81.3 Å². The van der Waals surface area contributed by atoms with Gasteiger partial charge >= 0.3 is 12.1 Å². The zero-order chi connectivity index (χ0) is 10.6. The molecule has 1 rings (SSSR count). The number of carbonyl (C=O) groups excluding carboxylic acids is 2. The number of hydrogen-bond donors (Lipinski definition) is 0. The van der Waals surface area contributed by atoms with Crippen LogP contribution in [0, 0.1) is 12.3 Å². The van der Waals surface area contributed by atoms with E-state index in [9.17, 15) is 9.59 Å². The summed E-state index contributed by atoms with van der Waals surface area (Å²) in [5.74, 6) is 1.73. The van der Waals surface area contributed by atoms with Crippen LogP contribution in [0.15, 0.2) is 0 Å². The van der Waals surface area contributed by atoms with Gasteiger partial charge in [-0.3, -0.25) is 0 Å². The van der Waals surface area contributed by atoms with Crippen molar-refractivity contribution < 1.29 is 23.8 Å². The van der Waals surface area contributed by atoms with Gasteiger partial charge in [-0.25, -0.2) is 9.59 Å². The zero-order valence-electron chi connectivity index (χ0n) is 7.69. The van der Waals surface area contributed by atoms with Gasteiger partial charge in [0, 0.05) is 6.42 Å². The summed E-state index contributed by atoms with van der Waals surface area (Å²) >= 11 is 0. The molecule has 0 aliphatic carbocycles. The maximum Gasteiger partial charge on any atom is 0.509 e. The van der Waals surface area contributed by atoms with Crippen LogP contribution < -0.4 is 0 Å². The van der Waals surface area contributed by atoms with Crippen LogP contribution in [0.4, 0.5) is 4.79 Å². The second-order valence-corrected chi connectivity index (χ2v) is 2.82. The van der Waals surface area contributed by atoms with Crippen molar-refractivity contribution in [1.82, 2.24) is 0 Å². The molecule has 1 saturated heterocycles. The van der Waals surface area contributed by atoms with E-state index >= 15 is 0 Å². The highest BCUT2D eigenvalue weighted by Gasteiger charge is 2.33. The predicted molar refractivity (Wildman–Crippen MR) is 45.2 cm³/mol. The van der Waals surface area contributed by atoms with Crippen molar-refractivity contribution in [2.24, 2.45) is 0 Å². The molecule has 0 saturated carbocycles. The van der Waals surface area contributed by atoms with Crippen LogP contribution >= 0.6 is 0 Å². The summed E-state index contributed by atoms with van der Waals surface area (Å²) in [5.41, 5.74) is 0. The third-order valence-corrected chi connectivity index (χ3v) is 1.58. The Kier molecular flexibility index (Phi) is 3.35. The number of esters is 1. The molecule has 2 atom stereocenters. The number of carbonyl (C=O) groups is 2. The van der Waals surface area contributed by atoms with Crippen LogP contribution in [-0.2, 0) is 19.0 Å². The van der Waals surface area contributed by atoms with Gasteiger partial charge < -0.3 is 14.2 Å². The molecule has 1 aliphatic heterocycles. The van der Waals surface area contributed by atoms with Gasteiger partial charge in [0.1, 0.15) is 12.7 Å². The van der Waals surface area contributed by atoms with E-state index in [0.717, 1.165) is 0 Å². The number of hydrogen-bond acceptors (Lipinski definition) is 5. The highest BCUT2D eigenvalue weighted by Crippen LogP contribution is 2.09. The van der Waals surface area contributed by atoms with Gasteiger partial charge in [0.2, 0.25) is 6.10 Å². The fourth-order valence-corrected chi connectivity index (χ4v) is 0.926. The molecule has 1 heterocycles. The first-order chi connectivity index (χ1) is 6.63. The van der Waals surface area contributed by atoms with E-state index in [4.69, 9.17) is 11.2 Å². The molecule has 5 heteroatoms. The van der Waals surface area contributed by atoms with Crippen molar-refractivity contribution in [2.75, 3.05) is 6.61 Å². The number of terminal acetylenes is 1. The molecule has 14 heavy (non-hydrogen) atoms. The SMILES string of the molecule is C#CCC(C)OC(=O)C1COC(=O)O1. The molecule has 0 amide bonds. The van der Waals surface area contributed by atoms with E-state index in [-0.39, 0.29) is 12.7 Å². The molecule has 0 radical (unpaired) electrons. The Morgan fingerprint density at radius 3 is 3.07 bits per heavy atom. The van der Waals surface area contributed by atoms with E-state index in [2.05, 4.69) is 15.4 Å². The number of cyclic esters (lactones) is 2. The van der Waals surface area contributed by atoms with Crippen LogP contribution in [0.2, 0.25) is 0 Å². The minimum atomic E-state index is -0.956. The lowest BCUT2D eigenvalue weighted by molar-refractivity contribution is -0.156. The monoisotopic (exact) mass is 198 g/mol. The van der Waals surface area contributed by atoms with Gasteiger partial charge in [-0.2, -0.15) is 0 Å². The first kappa shape index (κ1) is 10.4. The minimum absolute atomic E-state index is 0.0968. The van der Waals surface area contributed by atoms with E-state index in [1.54, 1.807) is 6.92 Å². The van der Waals surface area contributed by atoms with Crippen LogP contribution in [-0.4, -0.2) is 30.9 Å². The Balaban J connectivity index is 2.35. The highest BCUT2D eigenvalue weighted by molar-refractivity contribution is 5.79. The molecule has 0 bridgehead atoms. The van der Waals surface area contributed by atoms with E-state index in [1.807, 2.05) is 0 Å². The summed E-state index contributed by atoms with van der Waals surface area (Å²) < 4.78 is 13.8. The van der Waals surface area contributed by atoms with Crippen molar-refractivity contribution in [1.29, 1.82) is 0 Å². The average molecular weight is 198 g/mol. The molecular formula is C9H10O5. The lowest BCUT2D eigenvalue weighted by atomic mass is 10.3. The van der Waals surface area contributed by atoms with Gasteiger partial charge in [0.25, 0.3) is 0 Å². The van der Waals surface area contributed by atoms with Gasteiger partial charge in [-0.05, 0) is 6.92 Å². The van der Waals surface area contributed by atoms with Crippen molar-refractivity contribution in [2.45, 2.75) is 25.6 Å². The lowest BCUT2D eigenvalue weighted by Crippen LogP contribution is -2.28. The van der Waals surface area contributed by atoms with Gasteiger partial charge in [-0.15, -0.1) is 12.3 Å². The number of ether oxygens (including phenoxy) is 3. The normalized spacial score (nSPS) is 21.7. The van der Waals surface area contributed by atoms with Crippen molar-refractivity contribution in [3.8, 4) is 12.3 Å². The molecule has 1 fully saturated rings. The molecule has 0 aromatic carbocycles. The van der Waals surface area contributed by atoms with Gasteiger partial charge in [0.15, 0.2) is 0 Å². The maximum atomic E-state index is 11.2. The topological polar surface area (TPSA) is 61.8 Å². The quantitative estimate of drug-likeness (QED) is 0.487. The maximum absolute atomic E-state index is 11.2. The Bertz CT molecular complexity index is 277. The molecule has 0 spiro atoms. The second kappa shape index (κ2) is 4.51. The van der Waals surface area contributed by atoms with Crippen LogP contribution in [0.1, 0.15) is 13.3 Å². The standard InChI is InChI=1S/C9H10O5/c1-3-4-6(2)13-8(10)7-5-12-9(11)14-7/h1,6-7H,4-5H2,2H3. The first-order valence-corrected chi connectivity index (χ1v) is 4.11. The Morgan fingerprint density at radius 2 is 2.57 bits per heavy atom. The Morgan fingerprint density at radius 1 is 1.86 bits per heavy atom. The van der Waals surface area contributed by atoms with Crippen molar-refractivity contribution in [3.05, 3.63) is 0 Å². The van der Waals surface area contributed by atoms with Crippen LogP contribution in [0.25, 0.3) is 0 Å². The molecule has 0 aromatic heterocycles. The Hall–Kier alpha value is -1.70. The van der Waals surface area contributed by atoms with E-state index in [1.165, 1.54) is 0 Å². The number of rotatable bonds is 3.